The van der Waals surface area contributed by atoms with Crippen LogP contribution < -0.4 is 0 Å². The molecule has 13 heavy (non-hydrogen) atoms. The van der Waals surface area contributed by atoms with E-state index in [1.54, 1.807) is 16.7 Å². The molecule has 1 heterocycles. The molecule has 0 aromatic carbocycles. The highest BCUT2D eigenvalue weighted by atomic mass is 32.1. The van der Waals surface area contributed by atoms with Gasteiger partial charge >= 0.3 is 0 Å². The Morgan fingerprint density at radius 2 is 1.62 bits per heavy atom. The summed E-state index contributed by atoms with van der Waals surface area (Å²) in [6, 6.07) is 0. The van der Waals surface area contributed by atoms with Gasteiger partial charge in [0.05, 0.1) is 0 Å². The van der Waals surface area contributed by atoms with Gasteiger partial charge in [0.25, 0.3) is 0 Å². The van der Waals surface area contributed by atoms with Crippen LogP contribution in [0.15, 0.2) is 34.1 Å². The minimum atomic E-state index is 0.622. The van der Waals surface area contributed by atoms with Crippen molar-refractivity contribution in [2.24, 2.45) is 0 Å². The number of allylic oxidation sites excluding steroid dienone is 4. The van der Waals surface area contributed by atoms with Gasteiger partial charge in [-0.2, -0.15) is 11.3 Å². The van der Waals surface area contributed by atoms with E-state index < -0.39 is 0 Å². The summed E-state index contributed by atoms with van der Waals surface area (Å²) in [5.74, 6) is 1.24. The standard InChI is InChI=1S/C12H12S/c1-7(2)12-8-3-4-9(12)11-6-13-5-10(8)11/h3-6,8-9H,1-2H3. The fraction of sp³-hybridized carbons (Fsp3) is 0.333. The van der Waals surface area contributed by atoms with Crippen molar-refractivity contribution in [3.63, 3.8) is 0 Å². The average Bonchev–Trinajstić information content (AvgIpc) is 2.75. The van der Waals surface area contributed by atoms with Crippen molar-refractivity contribution < 1.29 is 0 Å². The Labute approximate surface area is 82.6 Å². The maximum absolute atomic E-state index is 2.36. The number of hydrogen-bond acceptors (Lipinski definition) is 1. The smallest absolute Gasteiger partial charge is 0.0251 e. The van der Waals surface area contributed by atoms with Crippen LogP contribution in [0.25, 0.3) is 0 Å². The molecule has 3 rings (SSSR count). The lowest BCUT2D eigenvalue weighted by molar-refractivity contribution is 0.992. The zero-order valence-corrected chi connectivity index (χ0v) is 8.69. The first-order valence-electron chi connectivity index (χ1n) is 4.70. The Hall–Kier alpha value is -0.820. The topological polar surface area (TPSA) is 0 Å². The highest BCUT2D eigenvalue weighted by molar-refractivity contribution is 7.08. The van der Waals surface area contributed by atoms with Crippen LogP contribution >= 0.6 is 11.3 Å². The minimum Gasteiger partial charge on any atom is -0.152 e. The monoisotopic (exact) mass is 188 g/mol. The van der Waals surface area contributed by atoms with E-state index in [-0.39, 0.29) is 0 Å². The summed E-state index contributed by atoms with van der Waals surface area (Å²) < 4.78 is 0. The molecular weight excluding hydrogens is 176 g/mol. The van der Waals surface area contributed by atoms with Crippen LogP contribution in [0.5, 0.6) is 0 Å². The third kappa shape index (κ3) is 0.806. The first-order valence-corrected chi connectivity index (χ1v) is 5.65. The maximum Gasteiger partial charge on any atom is 0.0251 e. The normalized spacial score (nSPS) is 28.3. The lowest BCUT2D eigenvalue weighted by atomic mass is 9.97. The number of hydrogen-bond donors (Lipinski definition) is 0. The summed E-state index contributed by atoms with van der Waals surface area (Å²) in [7, 11) is 0. The van der Waals surface area contributed by atoms with Crippen molar-refractivity contribution >= 4 is 11.3 Å². The molecule has 1 aromatic heterocycles. The maximum atomic E-state index is 2.36. The van der Waals surface area contributed by atoms with Crippen LogP contribution in [0.3, 0.4) is 0 Å². The molecule has 2 atom stereocenters. The molecule has 0 amide bonds. The SMILES string of the molecule is CC(C)=C1C2C=CC1c1cscc12. The van der Waals surface area contributed by atoms with Gasteiger partial charge in [0.1, 0.15) is 0 Å². The summed E-state index contributed by atoms with van der Waals surface area (Å²) >= 11 is 1.84. The molecule has 0 saturated heterocycles. The largest absolute Gasteiger partial charge is 0.152 e. The third-order valence-corrected chi connectivity index (χ3v) is 3.92. The van der Waals surface area contributed by atoms with Crippen molar-refractivity contribution in [3.05, 3.63) is 45.2 Å². The zero-order chi connectivity index (χ0) is 9.00. The number of thiophene rings is 1. The Bertz CT molecular complexity index is 386. The quantitative estimate of drug-likeness (QED) is 0.543. The summed E-state index contributed by atoms with van der Waals surface area (Å²) in [6.45, 7) is 4.47. The molecule has 1 heteroatoms. The van der Waals surface area contributed by atoms with E-state index in [1.807, 2.05) is 11.3 Å². The molecule has 2 aliphatic carbocycles. The summed E-state index contributed by atoms with van der Waals surface area (Å²) in [5.41, 5.74) is 6.27. The molecule has 0 saturated carbocycles. The Morgan fingerprint density at radius 1 is 1.08 bits per heavy atom. The molecule has 66 valence electrons. The number of fused-ring (bicyclic) bond motifs is 5. The van der Waals surface area contributed by atoms with E-state index in [4.69, 9.17) is 0 Å². The lowest BCUT2D eigenvalue weighted by Crippen LogP contribution is -1.90. The van der Waals surface area contributed by atoms with Crippen LogP contribution in [0.2, 0.25) is 0 Å². The fourth-order valence-corrected chi connectivity index (χ4v) is 3.54. The molecule has 2 bridgehead atoms. The van der Waals surface area contributed by atoms with Gasteiger partial charge in [0, 0.05) is 11.8 Å². The molecule has 0 spiro atoms. The number of rotatable bonds is 0. The van der Waals surface area contributed by atoms with Crippen molar-refractivity contribution in [2.75, 3.05) is 0 Å². The zero-order valence-electron chi connectivity index (χ0n) is 7.87. The van der Waals surface area contributed by atoms with Crippen LogP contribution in [-0.4, -0.2) is 0 Å². The van der Waals surface area contributed by atoms with Crippen molar-refractivity contribution in [3.8, 4) is 0 Å². The van der Waals surface area contributed by atoms with Gasteiger partial charge in [-0.3, -0.25) is 0 Å². The van der Waals surface area contributed by atoms with Gasteiger partial charge in [-0.1, -0.05) is 17.7 Å². The Balaban J connectivity index is 2.25. The van der Waals surface area contributed by atoms with E-state index in [1.165, 1.54) is 5.57 Å². The van der Waals surface area contributed by atoms with Crippen LogP contribution in [0.1, 0.15) is 36.8 Å². The summed E-state index contributed by atoms with van der Waals surface area (Å²) in [6.07, 6.45) is 4.73. The molecular formula is C12H12S. The second-order valence-electron chi connectivity index (χ2n) is 4.08. The van der Waals surface area contributed by atoms with Crippen molar-refractivity contribution in [1.82, 2.24) is 0 Å². The second kappa shape index (κ2) is 2.36. The van der Waals surface area contributed by atoms with Gasteiger partial charge in [0.15, 0.2) is 0 Å². The predicted octanol–water partition coefficient (Wildman–Crippen LogP) is 3.84. The molecule has 0 radical (unpaired) electrons. The van der Waals surface area contributed by atoms with Crippen LogP contribution in [0, 0.1) is 0 Å². The Morgan fingerprint density at radius 3 is 2.08 bits per heavy atom. The van der Waals surface area contributed by atoms with Crippen molar-refractivity contribution in [2.45, 2.75) is 25.7 Å². The summed E-state index contributed by atoms with van der Waals surface area (Å²) in [4.78, 5) is 0. The molecule has 2 unspecified atom stereocenters. The van der Waals surface area contributed by atoms with Crippen LogP contribution in [0.4, 0.5) is 0 Å². The van der Waals surface area contributed by atoms with E-state index in [9.17, 15) is 0 Å². The van der Waals surface area contributed by atoms with Crippen LogP contribution in [-0.2, 0) is 0 Å². The van der Waals surface area contributed by atoms with Gasteiger partial charge in [-0.25, -0.2) is 0 Å². The first kappa shape index (κ1) is 7.57. The highest BCUT2D eigenvalue weighted by Crippen LogP contribution is 2.54. The molecule has 2 aliphatic rings. The molecule has 0 fully saturated rings. The molecule has 0 N–H and O–H groups in total. The van der Waals surface area contributed by atoms with E-state index in [0.717, 1.165) is 0 Å². The second-order valence-corrected chi connectivity index (χ2v) is 4.82. The highest BCUT2D eigenvalue weighted by Gasteiger charge is 2.38. The van der Waals surface area contributed by atoms with Gasteiger partial charge in [0.2, 0.25) is 0 Å². The summed E-state index contributed by atoms with van der Waals surface area (Å²) in [5, 5.41) is 4.62. The Kier molecular flexibility index (Phi) is 1.37. The van der Waals surface area contributed by atoms with Gasteiger partial charge in [-0.15, -0.1) is 0 Å². The molecule has 0 aliphatic heterocycles. The van der Waals surface area contributed by atoms with Crippen molar-refractivity contribution in [1.29, 1.82) is 0 Å². The predicted molar refractivity (Wildman–Crippen MR) is 57.3 cm³/mol. The third-order valence-electron chi connectivity index (χ3n) is 3.14. The average molecular weight is 188 g/mol. The van der Waals surface area contributed by atoms with Gasteiger partial charge in [-0.05, 0) is 41.3 Å². The fourth-order valence-electron chi connectivity index (χ4n) is 2.61. The first-order chi connectivity index (χ1) is 6.29. The van der Waals surface area contributed by atoms with E-state index in [2.05, 4.69) is 36.8 Å². The van der Waals surface area contributed by atoms with Gasteiger partial charge < -0.3 is 0 Å². The minimum absolute atomic E-state index is 0.622. The lowest BCUT2D eigenvalue weighted by Gasteiger charge is -2.07. The molecule has 1 aromatic rings. The van der Waals surface area contributed by atoms with E-state index in [0.29, 0.717) is 11.8 Å². The molecule has 0 nitrogen and oxygen atoms in total. The van der Waals surface area contributed by atoms with E-state index >= 15 is 0 Å².